The maximum absolute atomic E-state index is 8.83. The quantitative estimate of drug-likeness (QED) is 0.728. The second-order valence-electron chi connectivity index (χ2n) is 5.40. The third-order valence-corrected chi connectivity index (χ3v) is 4.06. The van der Waals surface area contributed by atoms with Gasteiger partial charge < -0.3 is 0 Å². The summed E-state index contributed by atoms with van der Waals surface area (Å²) in [5, 5.41) is 8.83. The minimum Gasteiger partial charge on any atom is -0.299 e. The molecule has 0 aliphatic carbocycles. The Morgan fingerprint density at radius 3 is 2.62 bits per heavy atom. The Kier molecular flexibility index (Phi) is 5.84. The van der Waals surface area contributed by atoms with Crippen molar-refractivity contribution >= 4 is 0 Å². The molecule has 1 fully saturated rings. The highest BCUT2D eigenvalue weighted by atomic mass is 15.1. The van der Waals surface area contributed by atoms with Crippen molar-refractivity contribution in [2.24, 2.45) is 11.8 Å². The molecule has 0 aromatic carbocycles. The normalized spacial score (nSPS) is 25.1. The summed E-state index contributed by atoms with van der Waals surface area (Å²) in [5.74, 6) is 1.71. The van der Waals surface area contributed by atoms with Crippen molar-refractivity contribution in [2.45, 2.75) is 58.9 Å². The summed E-state index contributed by atoms with van der Waals surface area (Å²) in [5.41, 5.74) is 0. The van der Waals surface area contributed by atoms with Crippen LogP contribution in [0.25, 0.3) is 0 Å². The summed E-state index contributed by atoms with van der Waals surface area (Å²) < 4.78 is 0. The van der Waals surface area contributed by atoms with Crippen molar-refractivity contribution in [3.8, 4) is 6.07 Å². The first-order valence-corrected chi connectivity index (χ1v) is 6.80. The topological polar surface area (TPSA) is 27.0 Å². The fourth-order valence-corrected chi connectivity index (χ4v) is 2.81. The number of nitrogens with zero attached hydrogens (tertiary/aromatic N) is 2. The molecule has 1 aliphatic rings. The maximum atomic E-state index is 8.83. The molecule has 0 N–H and O–H groups in total. The standard InChI is InChI=1S/C14H26N2/c1-4-14(7-9-15)16-10-5-6-13(8-11-16)12(2)3/h12-14H,4-8,10-11H2,1-3H3. The van der Waals surface area contributed by atoms with Crippen LogP contribution in [-0.4, -0.2) is 24.0 Å². The van der Waals surface area contributed by atoms with E-state index in [1.807, 2.05) is 0 Å². The van der Waals surface area contributed by atoms with Crippen molar-refractivity contribution in [1.29, 1.82) is 5.26 Å². The largest absolute Gasteiger partial charge is 0.299 e. The van der Waals surface area contributed by atoms with Gasteiger partial charge in [0.25, 0.3) is 0 Å². The third kappa shape index (κ3) is 3.79. The molecule has 0 aromatic rings. The fraction of sp³-hybridized carbons (Fsp3) is 0.929. The van der Waals surface area contributed by atoms with Gasteiger partial charge in [0, 0.05) is 6.04 Å². The van der Waals surface area contributed by atoms with Crippen LogP contribution in [0.1, 0.15) is 52.9 Å². The Labute approximate surface area is 101 Å². The van der Waals surface area contributed by atoms with Crippen LogP contribution in [-0.2, 0) is 0 Å². The summed E-state index contributed by atoms with van der Waals surface area (Å²) in [6.45, 7) is 9.28. The van der Waals surface area contributed by atoms with Crippen LogP contribution in [0.5, 0.6) is 0 Å². The summed E-state index contributed by atoms with van der Waals surface area (Å²) >= 11 is 0. The van der Waals surface area contributed by atoms with Gasteiger partial charge in [-0.2, -0.15) is 5.26 Å². The summed E-state index contributed by atoms with van der Waals surface area (Å²) in [6.07, 6.45) is 5.81. The molecule has 1 rings (SSSR count). The third-order valence-electron chi connectivity index (χ3n) is 4.06. The van der Waals surface area contributed by atoms with Crippen LogP contribution in [0, 0.1) is 23.2 Å². The predicted octanol–water partition coefficient (Wildman–Crippen LogP) is 3.44. The van der Waals surface area contributed by atoms with Crippen LogP contribution in [0.2, 0.25) is 0 Å². The lowest BCUT2D eigenvalue weighted by atomic mass is 9.89. The van der Waals surface area contributed by atoms with Gasteiger partial charge in [-0.1, -0.05) is 20.8 Å². The molecule has 0 radical (unpaired) electrons. The second kappa shape index (κ2) is 6.91. The van der Waals surface area contributed by atoms with Crippen LogP contribution in [0.15, 0.2) is 0 Å². The number of likely N-dealkylation sites (tertiary alicyclic amines) is 1. The average Bonchev–Trinajstić information content (AvgIpc) is 2.51. The van der Waals surface area contributed by atoms with E-state index in [0.29, 0.717) is 12.5 Å². The lowest BCUT2D eigenvalue weighted by molar-refractivity contribution is 0.195. The van der Waals surface area contributed by atoms with Gasteiger partial charge in [-0.25, -0.2) is 0 Å². The van der Waals surface area contributed by atoms with E-state index in [9.17, 15) is 0 Å². The molecule has 2 atom stereocenters. The van der Waals surface area contributed by atoms with E-state index in [0.717, 1.165) is 18.3 Å². The lowest BCUT2D eigenvalue weighted by Gasteiger charge is -2.28. The maximum Gasteiger partial charge on any atom is 0.0638 e. The van der Waals surface area contributed by atoms with Gasteiger partial charge >= 0.3 is 0 Å². The monoisotopic (exact) mass is 222 g/mol. The molecule has 2 unspecified atom stereocenters. The number of nitriles is 1. The predicted molar refractivity (Wildman–Crippen MR) is 68.1 cm³/mol. The molecule has 2 heteroatoms. The molecule has 92 valence electrons. The number of rotatable bonds is 4. The second-order valence-corrected chi connectivity index (χ2v) is 5.40. The Bertz CT molecular complexity index is 229. The molecule has 0 bridgehead atoms. The first-order valence-electron chi connectivity index (χ1n) is 6.80. The molecule has 0 aromatic heterocycles. The van der Waals surface area contributed by atoms with E-state index < -0.39 is 0 Å². The Morgan fingerprint density at radius 2 is 2.06 bits per heavy atom. The van der Waals surface area contributed by atoms with E-state index in [4.69, 9.17) is 5.26 Å². The zero-order chi connectivity index (χ0) is 12.0. The molecular weight excluding hydrogens is 196 g/mol. The molecule has 2 nitrogen and oxygen atoms in total. The average molecular weight is 222 g/mol. The van der Waals surface area contributed by atoms with E-state index in [2.05, 4.69) is 31.7 Å². The molecule has 0 spiro atoms. The summed E-state index contributed by atoms with van der Waals surface area (Å²) in [6, 6.07) is 2.82. The minimum atomic E-state index is 0.496. The minimum absolute atomic E-state index is 0.496. The zero-order valence-electron chi connectivity index (χ0n) is 11.1. The SMILES string of the molecule is CCC(CC#N)N1CCCC(C(C)C)CC1. The molecule has 0 amide bonds. The van der Waals surface area contributed by atoms with Crippen molar-refractivity contribution in [2.75, 3.05) is 13.1 Å². The van der Waals surface area contributed by atoms with Gasteiger partial charge in [0.2, 0.25) is 0 Å². The lowest BCUT2D eigenvalue weighted by Crippen LogP contribution is -2.35. The van der Waals surface area contributed by atoms with E-state index in [1.54, 1.807) is 0 Å². The van der Waals surface area contributed by atoms with Crippen LogP contribution in [0.4, 0.5) is 0 Å². The van der Waals surface area contributed by atoms with E-state index in [1.165, 1.54) is 32.4 Å². The van der Waals surface area contributed by atoms with E-state index >= 15 is 0 Å². The number of hydrogen-bond acceptors (Lipinski definition) is 2. The molecule has 0 saturated carbocycles. The smallest absolute Gasteiger partial charge is 0.0638 e. The van der Waals surface area contributed by atoms with Crippen LogP contribution < -0.4 is 0 Å². The Hall–Kier alpha value is -0.550. The molecule has 1 saturated heterocycles. The van der Waals surface area contributed by atoms with E-state index in [-0.39, 0.29) is 0 Å². The highest BCUT2D eigenvalue weighted by Gasteiger charge is 2.23. The highest BCUT2D eigenvalue weighted by Crippen LogP contribution is 2.26. The van der Waals surface area contributed by atoms with Gasteiger partial charge in [0.1, 0.15) is 0 Å². The Morgan fingerprint density at radius 1 is 1.31 bits per heavy atom. The summed E-state index contributed by atoms with van der Waals surface area (Å²) in [4.78, 5) is 2.55. The van der Waals surface area contributed by atoms with Crippen molar-refractivity contribution in [1.82, 2.24) is 4.90 Å². The van der Waals surface area contributed by atoms with Crippen LogP contribution in [0.3, 0.4) is 0 Å². The highest BCUT2D eigenvalue weighted by molar-refractivity contribution is 4.84. The first-order chi connectivity index (χ1) is 7.69. The van der Waals surface area contributed by atoms with Crippen molar-refractivity contribution in [3.63, 3.8) is 0 Å². The molecule has 1 heterocycles. The van der Waals surface area contributed by atoms with Crippen molar-refractivity contribution < 1.29 is 0 Å². The molecule has 1 aliphatic heterocycles. The zero-order valence-corrected chi connectivity index (χ0v) is 11.1. The molecule has 16 heavy (non-hydrogen) atoms. The number of hydrogen-bond donors (Lipinski definition) is 0. The summed E-state index contributed by atoms with van der Waals surface area (Å²) in [7, 11) is 0. The van der Waals surface area contributed by atoms with Gasteiger partial charge in [-0.15, -0.1) is 0 Å². The molecular formula is C14H26N2. The van der Waals surface area contributed by atoms with Gasteiger partial charge in [-0.3, -0.25) is 4.90 Å². The first kappa shape index (κ1) is 13.5. The van der Waals surface area contributed by atoms with Gasteiger partial charge in [-0.05, 0) is 50.6 Å². The van der Waals surface area contributed by atoms with Gasteiger partial charge in [0.05, 0.1) is 12.5 Å². The van der Waals surface area contributed by atoms with Crippen LogP contribution >= 0.6 is 0 Å². The van der Waals surface area contributed by atoms with Crippen molar-refractivity contribution in [3.05, 3.63) is 0 Å². The van der Waals surface area contributed by atoms with Gasteiger partial charge in [0.15, 0.2) is 0 Å². The Balaban J connectivity index is 2.48. The fourth-order valence-electron chi connectivity index (χ4n) is 2.81.